The molecule has 0 bridgehead atoms. The molecule has 1 aliphatic heterocycles. The molecule has 1 saturated heterocycles. The van der Waals surface area contributed by atoms with Gasteiger partial charge in [-0.15, -0.1) is 0 Å². The lowest BCUT2D eigenvalue weighted by molar-refractivity contribution is -0.122. The van der Waals surface area contributed by atoms with Crippen LogP contribution in [0.3, 0.4) is 0 Å². The molecule has 116 valence electrons. The Kier molecular flexibility index (Phi) is 3.60. The highest BCUT2D eigenvalue weighted by Crippen LogP contribution is 2.34. The van der Waals surface area contributed by atoms with Gasteiger partial charge < -0.3 is 4.90 Å². The standard InChI is InChI=1S/C18H22N2OS/c1-18(2,3)13-7-5-12(6-8-13)11-15-16(21)20(14-9-10-14)17(22)19(15)4/h5-8,11,14H,9-10H2,1-4H3/b15-11-. The predicted molar refractivity (Wildman–Crippen MR) is 93.3 cm³/mol. The molecule has 0 N–H and O–H groups in total. The van der Waals surface area contributed by atoms with E-state index in [1.165, 1.54) is 5.56 Å². The second-order valence-corrected chi connectivity index (χ2v) is 7.51. The Balaban J connectivity index is 1.88. The van der Waals surface area contributed by atoms with E-state index in [4.69, 9.17) is 12.2 Å². The molecule has 2 aliphatic rings. The van der Waals surface area contributed by atoms with Crippen molar-refractivity contribution in [3.8, 4) is 0 Å². The number of rotatable bonds is 2. The second kappa shape index (κ2) is 5.20. The number of thiocarbonyl (C=S) groups is 1. The van der Waals surface area contributed by atoms with Crippen LogP contribution >= 0.6 is 12.2 Å². The van der Waals surface area contributed by atoms with Crippen LogP contribution in [0.2, 0.25) is 0 Å². The highest BCUT2D eigenvalue weighted by atomic mass is 32.1. The minimum absolute atomic E-state index is 0.0369. The van der Waals surface area contributed by atoms with Gasteiger partial charge in [-0.1, -0.05) is 45.0 Å². The number of carbonyl (C=O) groups is 1. The molecule has 0 radical (unpaired) electrons. The van der Waals surface area contributed by atoms with E-state index in [1.54, 1.807) is 4.90 Å². The molecule has 1 amide bonds. The van der Waals surface area contributed by atoms with Crippen molar-refractivity contribution >= 4 is 29.3 Å². The van der Waals surface area contributed by atoms with E-state index in [1.807, 2.05) is 18.0 Å². The fourth-order valence-electron chi connectivity index (χ4n) is 2.67. The Bertz CT molecular complexity index is 651. The van der Waals surface area contributed by atoms with Crippen LogP contribution in [0.5, 0.6) is 0 Å². The third kappa shape index (κ3) is 2.68. The summed E-state index contributed by atoms with van der Waals surface area (Å²) in [5.41, 5.74) is 3.12. The van der Waals surface area contributed by atoms with Crippen molar-refractivity contribution in [3.05, 3.63) is 41.1 Å². The summed E-state index contributed by atoms with van der Waals surface area (Å²) >= 11 is 5.41. The van der Waals surface area contributed by atoms with Gasteiger partial charge in [0, 0.05) is 13.1 Å². The summed E-state index contributed by atoms with van der Waals surface area (Å²) in [5, 5.41) is 0.630. The number of nitrogens with zero attached hydrogens (tertiary/aromatic N) is 2. The molecule has 4 heteroatoms. The minimum atomic E-state index is 0.0369. The van der Waals surface area contributed by atoms with E-state index in [0.29, 0.717) is 16.9 Å². The summed E-state index contributed by atoms with van der Waals surface area (Å²) < 4.78 is 0. The zero-order chi connectivity index (χ0) is 16.1. The number of hydrogen-bond donors (Lipinski definition) is 0. The number of amides is 1. The molecule has 1 aromatic carbocycles. The average Bonchev–Trinajstić information content (AvgIpc) is 3.25. The molecule has 0 aromatic heterocycles. The molecule has 0 unspecified atom stereocenters. The lowest BCUT2D eigenvalue weighted by Crippen LogP contribution is -2.33. The van der Waals surface area contributed by atoms with Gasteiger partial charge in [0.05, 0.1) is 0 Å². The molecule has 1 saturated carbocycles. The van der Waals surface area contributed by atoms with E-state index in [0.717, 1.165) is 18.4 Å². The first-order valence-corrected chi connectivity index (χ1v) is 8.13. The lowest BCUT2D eigenvalue weighted by atomic mass is 9.87. The number of likely N-dealkylation sites (N-methyl/N-ethyl adjacent to an activating group) is 1. The first-order chi connectivity index (χ1) is 10.3. The van der Waals surface area contributed by atoms with Gasteiger partial charge in [-0.05, 0) is 47.7 Å². The highest BCUT2D eigenvalue weighted by molar-refractivity contribution is 7.80. The van der Waals surface area contributed by atoms with Gasteiger partial charge >= 0.3 is 0 Å². The Hall–Kier alpha value is -1.68. The first kappa shape index (κ1) is 15.2. The van der Waals surface area contributed by atoms with Gasteiger partial charge in [-0.25, -0.2) is 0 Å². The fourth-order valence-corrected chi connectivity index (χ4v) is 3.00. The van der Waals surface area contributed by atoms with Gasteiger partial charge in [0.25, 0.3) is 5.91 Å². The smallest absolute Gasteiger partial charge is 0.277 e. The molecule has 1 aliphatic carbocycles. The quantitative estimate of drug-likeness (QED) is 0.616. The van der Waals surface area contributed by atoms with E-state index in [2.05, 4.69) is 45.0 Å². The molecular weight excluding hydrogens is 292 g/mol. The van der Waals surface area contributed by atoms with Crippen LogP contribution in [0.15, 0.2) is 30.0 Å². The maximum Gasteiger partial charge on any atom is 0.277 e. The van der Waals surface area contributed by atoms with Crippen LogP contribution in [0.1, 0.15) is 44.7 Å². The van der Waals surface area contributed by atoms with Crippen LogP contribution in [0.4, 0.5) is 0 Å². The number of carbonyl (C=O) groups excluding carboxylic acids is 1. The van der Waals surface area contributed by atoms with Crippen molar-refractivity contribution in [3.63, 3.8) is 0 Å². The molecule has 2 fully saturated rings. The molecule has 1 aromatic rings. The highest BCUT2D eigenvalue weighted by Gasteiger charge is 2.44. The Morgan fingerprint density at radius 3 is 2.27 bits per heavy atom. The van der Waals surface area contributed by atoms with E-state index >= 15 is 0 Å². The zero-order valence-corrected chi connectivity index (χ0v) is 14.4. The molecule has 22 heavy (non-hydrogen) atoms. The normalized spacial score (nSPS) is 21.2. The Labute approximate surface area is 137 Å². The molecule has 3 rings (SSSR count). The first-order valence-electron chi connectivity index (χ1n) is 7.72. The van der Waals surface area contributed by atoms with Gasteiger partial charge in [0.1, 0.15) is 5.70 Å². The van der Waals surface area contributed by atoms with Gasteiger partial charge in [0.2, 0.25) is 0 Å². The van der Waals surface area contributed by atoms with E-state index in [9.17, 15) is 4.79 Å². The Morgan fingerprint density at radius 1 is 1.18 bits per heavy atom. The fraction of sp³-hybridized carbons (Fsp3) is 0.444. The lowest BCUT2D eigenvalue weighted by Gasteiger charge is -2.19. The molecule has 0 spiro atoms. The monoisotopic (exact) mass is 314 g/mol. The molecule has 1 heterocycles. The minimum Gasteiger partial charge on any atom is -0.317 e. The summed E-state index contributed by atoms with van der Waals surface area (Å²) in [5.74, 6) is 0.0369. The number of hydrogen-bond acceptors (Lipinski definition) is 2. The Morgan fingerprint density at radius 2 is 1.77 bits per heavy atom. The largest absolute Gasteiger partial charge is 0.317 e. The summed E-state index contributed by atoms with van der Waals surface area (Å²) in [6.07, 6.45) is 4.06. The SMILES string of the molecule is CN1C(=S)N(C2CC2)C(=O)/C1=C/c1ccc(C(C)(C)C)cc1. The van der Waals surface area contributed by atoms with Crippen LogP contribution in [-0.2, 0) is 10.2 Å². The van der Waals surface area contributed by atoms with Gasteiger partial charge in [-0.3, -0.25) is 9.69 Å². The third-order valence-electron chi connectivity index (χ3n) is 4.28. The summed E-state index contributed by atoms with van der Waals surface area (Å²) in [6.45, 7) is 6.59. The second-order valence-electron chi connectivity index (χ2n) is 7.15. The average molecular weight is 314 g/mol. The van der Waals surface area contributed by atoms with Crippen molar-refractivity contribution in [2.75, 3.05) is 7.05 Å². The van der Waals surface area contributed by atoms with Crippen LogP contribution in [-0.4, -0.2) is 33.9 Å². The topological polar surface area (TPSA) is 23.6 Å². The molecule has 3 nitrogen and oxygen atoms in total. The van der Waals surface area contributed by atoms with Crippen molar-refractivity contribution in [2.24, 2.45) is 0 Å². The third-order valence-corrected chi connectivity index (χ3v) is 4.75. The van der Waals surface area contributed by atoms with Crippen LogP contribution in [0.25, 0.3) is 6.08 Å². The summed E-state index contributed by atoms with van der Waals surface area (Å²) in [6, 6.07) is 8.71. The molecular formula is C18H22N2OS. The zero-order valence-electron chi connectivity index (χ0n) is 13.6. The summed E-state index contributed by atoms with van der Waals surface area (Å²) in [7, 11) is 1.87. The maximum atomic E-state index is 12.6. The maximum absolute atomic E-state index is 12.6. The van der Waals surface area contributed by atoms with Gasteiger partial charge in [-0.2, -0.15) is 0 Å². The van der Waals surface area contributed by atoms with E-state index in [-0.39, 0.29) is 11.3 Å². The van der Waals surface area contributed by atoms with E-state index < -0.39 is 0 Å². The number of benzene rings is 1. The van der Waals surface area contributed by atoms with Crippen molar-refractivity contribution in [1.82, 2.24) is 9.80 Å². The van der Waals surface area contributed by atoms with Gasteiger partial charge in [0.15, 0.2) is 5.11 Å². The van der Waals surface area contributed by atoms with Crippen LogP contribution < -0.4 is 0 Å². The molecule has 0 atom stereocenters. The summed E-state index contributed by atoms with van der Waals surface area (Å²) in [4.78, 5) is 16.2. The van der Waals surface area contributed by atoms with Crippen molar-refractivity contribution < 1.29 is 4.79 Å². The predicted octanol–water partition coefficient (Wildman–Crippen LogP) is 3.55. The van der Waals surface area contributed by atoms with Crippen molar-refractivity contribution in [1.29, 1.82) is 0 Å². The van der Waals surface area contributed by atoms with Crippen molar-refractivity contribution in [2.45, 2.75) is 45.1 Å². The van der Waals surface area contributed by atoms with Crippen LogP contribution in [0, 0.1) is 0 Å².